The first-order chi connectivity index (χ1) is 14.1. The molecule has 0 saturated carbocycles. The number of nitrogens with one attached hydrogen (secondary N) is 1. The predicted molar refractivity (Wildman–Crippen MR) is 144 cm³/mol. The third-order valence-corrected chi connectivity index (χ3v) is 5.71. The highest BCUT2D eigenvalue weighted by molar-refractivity contribution is 5.86. The largest absolute Gasteiger partial charge is 0.506 e. The van der Waals surface area contributed by atoms with Gasteiger partial charge in [-0.2, -0.15) is 0 Å². The monoisotopic (exact) mass is 538 g/mol. The van der Waals surface area contributed by atoms with Gasteiger partial charge in [0.1, 0.15) is 17.3 Å². The molecule has 3 aromatic rings. The molecule has 33 heavy (non-hydrogen) atoms. The van der Waals surface area contributed by atoms with Gasteiger partial charge in [-0.3, -0.25) is 4.98 Å². The lowest BCUT2D eigenvalue weighted by Crippen LogP contribution is -2.44. The van der Waals surface area contributed by atoms with Crippen LogP contribution in [0, 0.1) is 6.92 Å². The maximum atomic E-state index is 10.3. The Labute approximate surface area is 220 Å². The number of likely N-dealkylation sites (tertiary alicyclic amines) is 1. The molecule has 1 saturated heterocycles. The number of benzene rings is 1. The number of aryl methyl sites for hydroxylation is 1. The number of pyridine rings is 1. The van der Waals surface area contributed by atoms with E-state index in [0.717, 1.165) is 61.6 Å². The molecule has 0 unspecified atom stereocenters. The van der Waals surface area contributed by atoms with E-state index in [4.69, 9.17) is 10.7 Å². The Morgan fingerprint density at radius 2 is 1.73 bits per heavy atom. The van der Waals surface area contributed by atoms with Gasteiger partial charge in [0, 0.05) is 24.8 Å². The summed E-state index contributed by atoms with van der Waals surface area (Å²) in [5.74, 6) is 1.19. The van der Waals surface area contributed by atoms with Crippen LogP contribution in [0.5, 0.6) is 5.75 Å². The SMILES string of the molecule is Cc1ccc(O)c(Cn2c(CNC3CCN(CCN)CC3)nc3ccccc32)n1.Cl.Cl.Cl.Cl. The van der Waals surface area contributed by atoms with Gasteiger partial charge in [-0.1, -0.05) is 12.1 Å². The Morgan fingerprint density at radius 3 is 2.42 bits per heavy atom. The second-order valence-electron chi connectivity index (χ2n) is 7.81. The fourth-order valence-electron chi connectivity index (χ4n) is 4.08. The van der Waals surface area contributed by atoms with Crippen molar-refractivity contribution in [3.8, 4) is 5.75 Å². The third-order valence-electron chi connectivity index (χ3n) is 5.71. The van der Waals surface area contributed by atoms with Gasteiger partial charge in [0.25, 0.3) is 0 Å². The summed E-state index contributed by atoms with van der Waals surface area (Å²) >= 11 is 0. The summed E-state index contributed by atoms with van der Waals surface area (Å²) in [6, 6.07) is 12.2. The number of imidazole rings is 1. The lowest BCUT2D eigenvalue weighted by Gasteiger charge is -2.32. The Bertz CT molecular complexity index is 979. The van der Waals surface area contributed by atoms with E-state index in [1.807, 2.05) is 31.2 Å². The number of para-hydroxylation sites is 2. The first-order valence-corrected chi connectivity index (χ1v) is 10.4. The number of fused-ring (bicyclic) bond motifs is 1. The molecule has 0 amide bonds. The van der Waals surface area contributed by atoms with Crippen LogP contribution in [0.15, 0.2) is 36.4 Å². The van der Waals surface area contributed by atoms with Crippen LogP contribution in [0.2, 0.25) is 0 Å². The van der Waals surface area contributed by atoms with E-state index < -0.39 is 0 Å². The predicted octanol–water partition coefficient (Wildman–Crippen LogP) is 3.69. The molecule has 4 rings (SSSR count). The van der Waals surface area contributed by atoms with E-state index in [1.54, 1.807) is 6.07 Å². The number of nitrogens with two attached hydrogens (primary N) is 1. The Kier molecular flexibility index (Phi) is 14.2. The van der Waals surface area contributed by atoms with Gasteiger partial charge >= 0.3 is 0 Å². The normalized spacial score (nSPS) is 14.0. The fraction of sp³-hybridized carbons (Fsp3) is 0.455. The van der Waals surface area contributed by atoms with E-state index in [0.29, 0.717) is 24.8 Å². The van der Waals surface area contributed by atoms with Crippen LogP contribution in [-0.2, 0) is 13.1 Å². The highest BCUT2D eigenvalue weighted by Gasteiger charge is 2.20. The molecule has 3 heterocycles. The Hall–Kier alpha value is -1.32. The minimum Gasteiger partial charge on any atom is -0.506 e. The molecule has 2 aromatic heterocycles. The lowest BCUT2D eigenvalue weighted by atomic mass is 10.1. The second-order valence-corrected chi connectivity index (χ2v) is 7.81. The van der Waals surface area contributed by atoms with Crippen LogP contribution in [0.1, 0.15) is 30.1 Å². The van der Waals surface area contributed by atoms with E-state index in [-0.39, 0.29) is 55.4 Å². The van der Waals surface area contributed by atoms with Crippen molar-refractivity contribution < 1.29 is 5.11 Å². The molecule has 0 bridgehead atoms. The maximum absolute atomic E-state index is 10.3. The number of aromatic hydroxyl groups is 1. The van der Waals surface area contributed by atoms with E-state index in [9.17, 15) is 5.11 Å². The van der Waals surface area contributed by atoms with Gasteiger partial charge < -0.3 is 25.6 Å². The molecule has 0 radical (unpaired) electrons. The van der Waals surface area contributed by atoms with Crippen molar-refractivity contribution in [3.63, 3.8) is 0 Å². The lowest BCUT2D eigenvalue weighted by molar-refractivity contribution is 0.201. The summed E-state index contributed by atoms with van der Waals surface area (Å²) in [4.78, 5) is 11.8. The number of rotatable bonds is 7. The molecule has 1 aliphatic heterocycles. The molecule has 11 heteroatoms. The van der Waals surface area contributed by atoms with Crippen molar-refractivity contribution in [1.82, 2.24) is 24.8 Å². The van der Waals surface area contributed by atoms with Crippen LogP contribution in [0.25, 0.3) is 11.0 Å². The summed E-state index contributed by atoms with van der Waals surface area (Å²) < 4.78 is 2.16. The third kappa shape index (κ3) is 7.86. The minimum atomic E-state index is 0. The average molecular weight is 540 g/mol. The topological polar surface area (TPSA) is 92.2 Å². The molecule has 7 nitrogen and oxygen atoms in total. The van der Waals surface area contributed by atoms with Crippen molar-refractivity contribution in [1.29, 1.82) is 0 Å². The smallest absolute Gasteiger partial charge is 0.138 e. The molecule has 0 spiro atoms. The zero-order valence-corrected chi connectivity index (χ0v) is 21.9. The van der Waals surface area contributed by atoms with Crippen LogP contribution in [0.3, 0.4) is 0 Å². The molecular formula is C22H34Cl4N6O. The summed E-state index contributed by atoms with van der Waals surface area (Å²) in [5.41, 5.74) is 9.27. The molecule has 1 fully saturated rings. The van der Waals surface area contributed by atoms with Crippen molar-refractivity contribution in [3.05, 3.63) is 53.6 Å². The minimum absolute atomic E-state index is 0. The number of hydrogen-bond acceptors (Lipinski definition) is 6. The number of piperidine rings is 1. The number of aromatic nitrogens is 3. The molecule has 0 aliphatic carbocycles. The van der Waals surface area contributed by atoms with Gasteiger partial charge in [-0.25, -0.2) is 4.98 Å². The zero-order chi connectivity index (χ0) is 20.2. The van der Waals surface area contributed by atoms with Gasteiger partial charge in [-0.15, -0.1) is 49.6 Å². The molecule has 186 valence electrons. The molecule has 1 aliphatic rings. The fourth-order valence-corrected chi connectivity index (χ4v) is 4.08. The molecule has 0 atom stereocenters. The van der Waals surface area contributed by atoms with Gasteiger partial charge in [-0.05, 0) is 57.1 Å². The average Bonchev–Trinajstić information content (AvgIpc) is 3.08. The van der Waals surface area contributed by atoms with Crippen molar-refractivity contribution in [2.24, 2.45) is 5.73 Å². The van der Waals surface area contributed by atoms with Crippen LogP contribution in [-0.4, -0.2) is 56.8 Å². The van der Waals surface area contributed by atoms with E-state index in [2.05, 4.69) is 25.8 Å². The quantitative estimate of drug-likeness (QED) is 0.424. The highest BCUT2D eigenvalue weighted by Crippen LogP contribution is 2.22. The Morgan fingerprint density at radius 1 is 1.03 bits per heavy atom. The first-order valence-electron chi connectivity index (χ1n) is 10.4. The number of halogens is 4. The summed E-state index contributed by atoms with van der Waals surface area (Å²) in [7, 11) is 0. The summed E-state index contributed by atoms with van der Waals surface area (Å²) in [5, 5.41) is 14.0. The van der Waals surface area contributed by atoms with Crippen LogP contribution < -0.4 is 11.1 Å². The summed E-state index contributed by atoms with van der Waals surface area (Å²) in [6.45, 7) is 7.02. The van der Waals surface area contributed by atoms with Gasteiger partial charge in [0.15, 0.2) is 0 Å². The molecular weight excluding hydrogens is 506 g/mol. The van der Waals surface area contributed by atoms with Crippen molar-refractivity contribution in [2.45, 2.75) is 38.9 Å². The first kappa shape index (κ1) is 31.7. The van der Waals surface area contributed by atoms with Gasteiger partial charge in [0.05, 0.1) is 24.1 Å². The van der Waals surface area contributed by atoms with Crippen molar-refractivity contribution in [2.75, 3.05) is 26.2 Å². The molecule has 1 aromatic carbocycles. The van der Waals surface area contributed by atoms with Gasteiger partial charge in [0.2, 0.25) is 0 Å². The zero-order valence-electron chi connectivity index (χ0n) is 18.6. The highest BCUT2D eigenvalue weighted by atomic mass is 35.5. The van der Waals surface area contributed by atoms with E-state index in [1.165, 1.54) is 0 Å². The summed E-state index contributed by atoms with van der Waals surface area (Å²) in [6.07, 6.45) is 2.25. The number of nitrogens with zero attached hydrogens (tertiary/aromatic N) is 4. The standard InChI is InChI=1S/C22H30N6O.4ClH/c1-16-6-7-21(29)19(25-16)15-28-20-5-3-2-4-18(20)26-22(28)14-24-17-8-11-27(12-9-17)13-10-23;;;;/h2-7,17,24,29H,8-15,23H2,1H3;4*1H. The van der Waals surface area contributed by atoms with E-state index >= 15 is 0 Å². The van der Waals surface area contributed by atoms with Crippen molar-refractivity contribution >= 4 is 60.7 Å². The maximum Gasteiger partial charge on any atom is 0.138 e. The number of hydrogen-bond donors (Lipinski definition) is 3. The van der Waals surface area contributed by atoms with Crippen LogP contribution in [0.4, 0.5) is 0 Å². The second kappa shape index (κ2) is 14.8. The van der Waals surface area contributed by atoms with Crippen LogP contribution >= 0.6 is 49.6 Å². The molecule has 4 N–H and O–H groups in total. The Balaban J connectivity index is 0.00000256.